The maximum absolute atomic E-state index is 13.9. The number of carbonyl (C=O) groups is 1. The topological polar surface area (TPSA) is 49.5 Å². The number of H-pyrrole nitrogens is 1. The molecule has 3 N–H and O–H groups in total. The summed E-state index contributed by atoms with van der Waals surface area (Å²) in [6.07, 6.45) is 1.76. The van der Waals surface area contributed by atoms with E-state index in [4.69, 9.17) is 0 Å². The summed E-state index contributed by atoms with van der Waals surface area (Å²) < 4.78 is 13.9. The van der Waals surface area contributed by atoms with Crippen molar-refractivity contribution in [2.45, 2.75) is 25.9 Å². The molecule has 2 aromatic carbocycles. The minimum atomic E-state index is -0.288. The monoisotopic (exact) mass is 311 g/mol. The molecule has 23 heavy (non-hydrogen) atoms. The number of aromatic nitrogens is 1. The van der Waals surface area contributed by atoms with Crippen LogP contribution in [0.2, 0.25) is 0 Å². The Bertz CT molecular complexity index is 840. The number of hydrogen-bond donors (Lipinski definition) is 2. The van der Waals surface area contributed by atoms with Gasteiger partial charge < -0.3 is 10.3 Å². The zero-order valence-corrected chi connectivity index (χ0v) is 13.2. The number of nitrogens with two attached hydrogens (primary N) is 1. The lowest BCUT2D eigenvalue weighted by Crippen LogP contribution is -2.91. The predicted octanol–water partition coefficient (Wildman–Crippen LogP) is 3.20. The van der Waals surface area contributed by atoms with Crippen LogP contribution < -0.4 is 5.32 Å². The molecule has 3 nitrogen and oxygen atoms in total. The number of hydrogen-bond acceptors (Lipinski definition) is 1. The smallest absolute Gasteiger partial charge is 0.221 e. The predicted molar refractivity (Wildman–Crippen MR) is 88.8 cm³/mol. The molecule has 0 aliphatic carbocycles. The zero-order valence-electron chi connectivity index (χ0n) is 13.2. The van der Waals surface area contributed by atoms with Crippen molar-refractivity contribution in [2.24, 2.45) is 0 Å². The van der Waals surface area contributed by atoms with E-state index < -0.39 is 0 Å². The van der Waals surface area contributed by atoms with Gasteiger partial charge in [0.2, 0.25) is 5.78 Å². The van der Waals surface area contributed by atoms with E-state index in [2.05, 4.69) is 4.98 Å². The largest absolute Gasteiger partial charge is 0.360 e. The molecule has 3 aromatic rings. The summed E-state index contributed by atoms with van der Waals surface area (Å²) in [6, 6.07) is 14.0. The Morgan fingerprint density at radius 2 is 1.78 bits per heavy atom. The maximum Gasteiger partial charge on any atom is 0.221 e. The standard InChI is InChI=1S/C19H19FN2O/c1-12(14-7-3-5-9-17(14)20)22-13(2)19(23)16-11-21-18-10-6-4-8-15(16)18/h3-13,21-22H,1-2H3/p+1/t12-,13-/m0/s1. The van der Waals surface area contributed by atoms with Gasteiger partial charge in [-0.25, -0.2) is 4.39 Å². The molecule has 0 aliphatic rings. The van der Waals surface area contributed by atoms with E-state index in [0.717, 1.165) is 10.9 Å². The van der Waals surface area contributed by atoms with Crippen LogP contribution in [0.3, 0.4) is 0 Å². The fourth-order valence-corrected chi connectivity index (χ4v) is 2.99. The fraction of sp³-hybridized carbons (Fsp3) is 0.211. The zero-order chi connectivity index (χ0) is 16.4. The molecule has 2 atom stereocenters. The average molecular weight is 311 g/mol. The molecule has 0 fully saturated rings. The first kappa shape index (κ1) is 15.4. The second-order valence-electron chi connectivity index (χ2n) is 5.90. The molecular formula is C19H20FN2O+. The Morgan fingerprint density at radius 3 is 2.57 bits per heavy atom. The second-order valence-corrected chi connectivity index (χ2v) is 5.90. The normalized spacial score (nSPS) is 13.9. The fourth-order valence-electron chi connectivity index (χ4n) is 2.99. The summed E-state index contributed by atoms with van der Waals surface area (Å²) in [5, 5.41) is 2.83. The molecule has 0 bridgehead atoms. The molecule has 0 radical (unpaired) electrons. The minimum absolute atomic E-state index is 0.0469. The van der Waals surface area contributed by atoms with E-state index in [1.165, 1.54) is 6.07 Å². The van der Waals surface area contributed by atoms with E-state index in [1.54, 1.807) is 18.3 Å². The highest BCUT2D eigenvalue weighted by molar-refractivity contribution is 6.09. The number of para-hydroxylation sites is 1. The first-order valence-corrected chi connectivity index (χ1v) is 7.77. The van der Waals surface area contributed by atoms with Gasteiger partial charge in [0.25, 0.3) is 0 Å². The van der Waals surface area contributed by atoms with E-state index in [1.807, 2.05) is 49.5 Å². The summed E-state index contributed by atoms with van der Waals surface area (Å²) in [7, 11) is 0. The Kier molecular flexibility index (Phi) is 4.26. The molecule has 0 aliphatic heterocycles. The molecule has 0 amide bonds. The van der Waals surface area contributed by atoms with Crippen LogP contribution in [0.25, 0.3) is 10.9 Å². The van der Waals surface area contributed by atoms with Crippen molar-refractivity contribution < 1.29 is 14.5 Å². The van der Waals surface area contributed by atoms with Gasteiger partial charge in [-0.1, -0.05) is 36.4 Å². The quantitative estimate of drug-likeness (QED) is 0.699. The van der Waals surface area contributed by atoms with Crippen molar-refractivity contribution in [3.8, 4) is 0 Å². The molecule has 0 unspecified atom stereocenters. The van der Waals surface area contributed by atoms with Gasteiger partial charge in [0.05, 0.1) is 0 Å². The third-order valence-corrected chi connectivity index (χ3v) is 4.24. The summed E-state index contributed by atoms with van der Waals surface area (Å²) >= 11 is 0. The van der Waals surface area contributed by atoms with Crippen LogP contribution in [0.5, 0.6) is 0 Å². The van der Waals surface area contributed by atoms with Crippen LogP contribution in [0.15, 0.2) is 54.7 Å². The lowest BCUT2D eigenvalue weighted by molar-refractivity contribution is -0.709. The highest BCUT2D eigenvalue weighted by Crippen LogP contribution is 2.19. The molecule has 3 rings (SSSR count). The molecule has 0 saturated heterocycles. The first-order valence-electron chi connectivity index (χ1n) is 7.77. The number of quaternary nitrogens is 1. The third-order valence-electron chi connectivity index (χ3n) is 4.24. The van der Waals surface area contributed by atoms with E-state index >= 15 is 0 Å². The number of rotatable bonds is 5. The van der Waals surface area contributed by atoms with Crippen molar-refractivity contribution in [2.75, 3.05) is 0 Å². The van der Waals surface area contributed by atoms with Gasteiger partial charge in [0, 0.05) is 28.2 Å². The van der Waals surface area contributed by atoms with Crippen LogP contribution in [0.4, 0.5) is 4.39 Å². The van der Waals surface area contributed by atoms with Gasteiger partial charge in [-0.3, -0.25) is 4.79 Å². The van der Waals surface area contributed by atoms with Crippen molar-refractivity contribution in [1.29, 1.82) is 0 Å². The minimum Gasteiger partial charge on any atom is -0.360 e. The number of halogens is 1. The van der Waals surface area contributed by atoms with Gasteiger partial charge >= 0.3 is 0 Å². The Hall–Kier alpha value is -2.46. The van der Waals surface area contributed by atoms with Crippen LogP contribution in [0.1, 0.15) is 35.8 Å². The lowest BCUT2D eigenvalue weighted by atomic mass is 10.0. The molecule has 4 heteroatoms. The highest BCUT2D eigenvalue weighted by Gasteiger charge is 2.24. The number of carbonyl (C=O) groups excluding carboxylic acids is 1. The average Bonchev–Trinajstić information content (AvgIpc) is 2.98. The van der Waals surface area contributed by atoms with Crippen LogP contribution in [-0.4, -0.2) is 16.8 Å². The van der Waals surface area contributed by atoms with Gasteiger partial charge in [-0.15, -0.1) is 0 Å². The third kappa shape index (κ3) is 3.03. The SMILES string of the molecule is C[C@H]([NH2+][C@@H](C)c1ccccc1F)C(=O)c1c[nH]c2ccccc12. The molecule has 0 spiro atoms. The molecular weight excluding hydrogens is 291 g/mol. The Balaban J connectivity index is 1.79. The van der Waals surface area contributed by atoms with Gasteiger partial charge in [-0.05, 0) is 26.0 Å². The van der Waals surface area contributed by atoms with E-state index in [9.17, 15) is 9.18 Å². The Labute approximate surface area is 134 Å². The number of aromatic amines is 1. The molecule has 0 saturated carbocycles. The van der Waals surface area contributed by atoms with E-state index in [0.29, 0.717) is 11.1 Å². The van der Waals surface area contributed by atoms with Crippen molar-refractivity contribution in [3.63, 3.8) is 0 Å². The lowest BCUT2D eigenvalue weighted by Gasteiger charge is -2.16. The highest BCUT2D eigenvalue weighted by atomic mass is 19.1. The summed E-state index contributed by atoms with van der Waals surface area (Å²) in [5.74, 6) is -0.186. The van der Waals surface area contributed by atoms with Crippen molar-refractivity contribution in [1.82, 2.24) is 4.98 Å². The number of Topliss-reactive ketones (excluding diaryl/α,β-unsaturated/α-hetero) is 1. The van der Waals surface area contributed by atoms with E-state index in [-0.39, 0.29) is 23.7 Å². The van der Waals surface area contributed by atoms with Gasteiger partial charge in [-0.2, -0.15) is 0 Å². The number of benzene rings is 2. The van der Waals surface area contributed by atoms with Crippen LogP contribution in [-0.2, 0) is 0 Å². The number of nitrogens with one attached hydrogen (secondary N) is 1. The number of fused-ring (bicyclic) bond motifs is 1. The Morgan fingerprint density at radius 1 is 1.09 bits per heavy atom. The van der Waals surface area contributed by atoms with Crippen LogP contribution >= 0.6 is 0 Å². The molecule has 1 heterocycles. The molecule has 118 valence electrons. The summed E-state index contributed by atoms with van der Waals surface area (Å²) in [4.78, 5) is 15.8. The first-order chi connectivity index (χ1) is 11.1. The van der Waals surface area contributed by atoms with Crippen molar-refractivity contribution >= 4 is 16.7 Å². The van der Waals surface area contributed by atoms with Crippen molar-refractivity contribution in [3.05, 3.63) is 71.7 Å². The molecule has 1 aromatic heterocycles. The van der Waals surface area contributed by atoms with Gasteiger partial charge in [0.1, 0.15) is 17.9 Å². The number of ketones is 1. The second kappa shape index (κ2) is 6.34. The van der Waals surface area contributed by atoms with Crippen LogP contribution in [0, 0.1) is 5.82 Å². The maximum atomic E-state index is 13.9. The summed E-state index contributed by atoms with van der Waals surface area (Å²) in [6.45, 7) is 3.78. The van der Waals surface area contributed by atoms with Gasteiger partial charge in [0.15, 0.2) is 0 Å². The summed E-state index contributed by atoms with van der Waals surface area (Å²) in [5.41, 5.74) is 2.25.